The highest BCUT2D eigenvalue weighted by atomic mass is 19.4. The highest BCUT2D eigenvalue weighted by molar-refractivity contribution is 5.93. The lowest BCUT2D eigenvalue weighted by Crippen LogP contribution is -2.16. The van der Waals surface area contributed by atoms with Crippen LogP contribution >= 0.6 is 0 Å². The van der Waals surface area contributed by atoms with E-state index in [-0.39, 0.29) is 16.1 Å². The van der Waals surface area contributed by atoms with Gasteiger partial charge < -0.3 is 11.1 Å². The van der Waals surface area contributed by atoms with Gasteiger partial charge in [-0.05, 0) is 6.07 Å². The van der Waals surface area contributed by atoms with Crippen LogP contribution in [0.3, 0.4) is 0 Å². The Labute approximate surface area is 133 Å². The average Bonchev–Trinajstić information content (AvgIpc) is 3.01. The Hall–Kier alpha value is -3.35. The predicted octanol–water partition coefficient (Wildman–Crippen LogP) is 1.72. The summed E-state index contributed by atoms with van der Waals surface area (Å²) < 4.78 is 37.4. The van der Waals surface area contributed by atoms with Crippen LogP contribution in [0.2, 0.25) is 0 Å². The molecule has 0 radical (unpaired) electrons. The van der Waals surface area contributed by atoms with Gasteiger partial charge in [0.1, 0.15) is 11.3 Å². The van der Waals surface area contributed by atoms with Crippen LogP contribution < -0.4 is 11.1 Å². The van der Waals surface area contributed by atoms with Crippen molar-refractivity contribution >= 4 is 22.5 Å². The fraction of sp³-hybridized carbons (Fsp3) is 0.143. The highest BCUT2D eigenvalue weighted by Crippen LogP contribution is 2.23. The molecule has 0 aromatic carbocycles. The maximum atomic E-state index is 12.5. The molecular formula is C14H10F3N7. The lowest BCUT2D eigenvalue weighted by molar-refractivity contribution is -0.212. The molecule has 10 heteroatoms. The number of nitrogen functional groups attached to an aromatic ring is 1. The molecule has 7 nitrogen and oxygen atoms in total. The molecule has 0 spiro atoms. The lowest BCUT2D eigenvalue weighted by Gasteiger charge is -2.05. The molecule has 0 saturated heterocycles. The van der Waals surface area contributed by atoms with E-state index in [1.807, 2.05) is 0 Å². The molecule has 122 valence electrons. The van der Waals surface area contributed by atoms with E-state index in [9.17, 15) is 13.2 Å². The van der Waals surface area contributed by atoms with Crippen LogP contribution in [0.1, 0.15) is 11.1 Å². The van der Waals surface area contributed by atoms with E-state index in [0.717, 1.165) is 12.4 Å². The molecule has 3 aromatic rings. The number of fused-ring (bicyclic) bond motifs is 1. The number of nitrogens with two attached hydrogens (primary N) is 1. The Morgan fingerprint density at radius 3 is 2.67 bits per heavy atom. The first-order chi connectivity index (χ1) is 11.4. The van der Waals surface area contributed by atoms with Gasteiger partial charge in [0, 0.05) is 24.8 Å². The van der Waals surface area contributed by atoms with Crippen LogP contribution in [0.25, 0.3) is 10.9 Å². The zero-order valence-corrected chi connectivity index (χ0v) is 12.3. The van der Waals surface area contributed by atoms with Crippen LogP contribution in [0.4, 0.5) is 24.8 Å². The summed E-state index contributed by atoms with van der Waals surface area (Å²) in [5.41, 5.74) is 6.69. The van der Waals surface area contributed by atoms with E-state index in [1.54, 1.807) is 13.1 Å². The monoisotopic (exact) mass is 333 g/mol. The summed E-state index contributed by atoms with van der Waals surface area (Å²) in [6.45, 7) is 0. The summed E-state index contributed by atoms with van der Waals surface area (Å²) in [5.74, 6) is 6.07. The van der Waals surface area contributed by atoms with Crippen LogP contribution in [0, 0.1) is 11.8 Å². The van der Waals surface area contributed by atoms with Crippen molar-refractivity contribution in [2.45, 2.75) is 6.30 Å². The Bertz CT molecular complexity index is 966. The zero-order chi connectivity index (χ0) is 17.3. The van der Waals surface area contributed by atoms with Crippen LogP contribution in [0.5, 0.6) is 0 Å². The third kappa shape index (κ3) is 2.91. The van der Waals surface area contributed by atoms with Crippen molar-refractivity contribution in [1.82, 2.24) is 25.0 Å². The first-order valence-electron chi connectivity index (χ1n) is 6.62. The van der Waals surface area contributed by atoms with Crippen LogP contribution in [-0.4, -0.2) is 32.0 Å². The number of nitrogens with one attached hydrogen (secondary N) is 1. The minimum atomic E-state index is -4.58. The second-order valence-electron chi connectivity index (χ2n) is 4.69. The molecule has 3 heterocycles. The van der Waals surface area contributed by atoms with Crippen molar-refractivity contribution in [2.24, 2.45) is 0 Å². The van der Waals surface area contributed by atoms with Gasteiger partial charge in [-0.3, -0.25) is 0 Å². The van der Waals surface area contributed by atoms with Gasteiger partial charge in [0.05, 0.1) is 17.3 Å². The molecule has 3 aromatic heterocycles. The number of anilines is 2. The van der Waals surface area contributed by atoms with E-state index in [0.29, 0.717) is 22.3 Å². The van der Waals surface area contributed by atoms with E-state index < -0.39 is 6.30 Å². The van der Waals surface area contributed by atoms with Crippen molar-refractivity contribution in [2.75, 3.05) is 18.1 Å². The number of pyridine rings is 1. The number of hydrogen-bond acceptors (Lipinski definition) is 6. The van der Waals surface area contributed by atoms with Gasteiger partial charge in [-0.25, -0.2) is 4.98 Å². The molecule has 0 aliphatic heterocycles. The average molecular weight is 333 g/mol. The molecule has 0 aliphatic carbocycles. The van der Waals surface area contributed by atoms with Crippen molar-refractivity contribution < 1.29 is 13.2 Å². The molecule has 0 unspecified atom stereocenters. The maximum absolute atomic E-state index is 12.5. The maximum Gasteiger partial charge on any atom is 0.504 e. The third-order valence-corrected chi connectivity index (χ3v) is 3.07. The number of rotatable bonds is 1. The number of halogens is 3. The van der Waals surface area contributed by atoms with Gasteiger partial charge in [0.25, 0.3) is 0 Å². The number of aromatic nitrogens is 5. The molecule has 0 amide bonds. The second-order valence-corrected chi connectivity index (χ2v) is 4.69. The Kier molecular flexibility index (Phi) is 3.69. The molecule has 0 aliphatic rings. The minimum Gasteiger partial charge on any atom is -0.382 e. The van der Waals surface area contributed by atoms with E-state index >= 15 is 0 Å². The van der Waals surface area contributed by atoms with Crippen molar-refractivity contribution in [3.05, 3.63) is 35.8 Å². The van der Waals surface area contributed by atoms with Gasteiger partial charge in [-0.15, -0.1) is 23.4 Å². The molecule has 0 bridgehead atoms. The summed E-state index contributed by atoms with van der Waals surface area (Å²) in [5, 5.41) is 14.4. The van der Waals surface area contributed by atoms with Gasteiger partial charge in [-0.1, -0.05) is 11.8 Å². The normalized spacial score (nSPS) is 11.2. The third-order valence-electron chi connectivity index (χ3n) is 3.07. The van der Waals surface area contributed by atoms with Gasteiger partial charge >= 0.3 is 6.30 Å². The number of alkyl halides is 3. The fourth-order valence-electron chi connectivity index (χ4n) is 1.99. The largest absolute Gasteiger partial charge is 0.504 e. The van der Waals surface area contributed by atoms with E-state index in [2.05, 4.69) is 37.4 Å². The molecule has 3 rings (SSSR count). The molecule has 3 N–H and O–H groups in total. The SMILES string of the molecule is CNc1ncc(C#Cc2cnn(C(F)(F)F)c2)c2cc(N)nnc12. The first-order valence-corrected chi connectivity index (χ1v) is 6.62. The standard InChI is InChI=1S/C14H10F3N7/c1-19-13-12-10(4-11(18)22-23-12)9(6-20-13)3-2-8-5-21-24(7-8)14(15,16)17/h4-7H,1H3,(H2,18,22)(H,19,20). The van der Waals surface area contributed by atoms with Crippen LogP contribution in [0.15, 0.2) is 24.7 Å². The lowest BCUT2D eigenvalue weighted by atomic mass is 10.1. The number of nitrogens with zero attached hydrogens (tertiary/aromatic N) is 5. The minimum absolute atomic E-state index is 0.110. The molecule has 0 saturated carbocycles. The highest BCUT2D eigenvalue weighted by Gasteiger charge is 2.31. The van der Waals surface area contributed by atoms with Crippen molar-refractivity contribution in [1.29, 1.82) is 0 Å². The Morgan fingerprint density at radius 2 is 2.00 bits per heavy atom. The zero-order valence-electron chi connectivity index (χ0n) is 12.3. The van der Waals surface area contributed by atoms with Gasteiger partial charge in [-0.2, -0.15) is 9.78 Å². The predicted molar refractivity (Wildman–Crippen MR) is 80.8 cm³/mol. The molecule has 0 atom stereocenters. The van der Waals surface area contributed by atoms with Crippen molar-refractivity contribution in [3.8, 4) is 11.8 Å². The smallest absolute Gasteiger partial charge is 0.382 e. The Morgan fingerprint density at radius 1 is 1.21 bits per heavy atom. The van der Waals surface area contributed by atoms with Crippen molar-refractivity contribution in [3.63, 3.8) is 0 Å². The fourth-order valence-corrected chi connectivity index (χ4v) is 1.99. The number of hydrogen-bond donors (Lipinski definition) is 2. The summed E-state index contributed by atoms with van der Waals surface area (Å²) >= 11 is 0. The molecular weight excluding hydrogens is 323 g/mol. The van der Waals surface area contributed by atoms with Gasteiger partial charge in [0.2, 0.25) is 0 Å². The van der Waals surface area contributed by atoms with E-state index in [4.69, 9.17) is 5.73 Å². The quantitative estimate of drug-likeness (QED) is 0.659. The van der Waals surface area contributed by atoms with E-state index in [1.165, 1.54) is 6.20 Å². The first kappa shape index (κ1) is 15.5. The molecule has 24 heavy (non-hydrogen) atoms. The summed E-state index contributed by atoms with van der Waals surface area (Å²) in [6, 6.07) is 1.58. The summed E-state index contributed by atoms with van der Waals surface area (Å²) in [7, 11) is 1.68. The molecule has 0 fully saturated rings. The Balaban J connectivity index is 2.06. The second kappa shape index (κ2) is 5.69. The van der Waals surface area contributed by atoms with Crippen LogP contribution in [-0.2, 0) is 6.30 Å². The summed E-state index contributed by atoms with van der Waals surface area (Å²) in [6.07, 6.45) is -1.26. The topological polar surface area (TPSA) is 94.5 Å². The summed E-state index contributed by atoms with van der Waals surface area (Å²) in [4.78, 5) is 4.15. The van der Waals surface area contributed by atoms with Gasteiger partial charge in [0.15, 0.2) is 5.82 Å².